The predicted octanol–water partition coefficient (Wildman–Crippen LogP) is 6.77. The number of thioether (sulfide) groups is 4. The number of hydrogen-bond acceptors (Lipinski definition) is 5. The largest absolute Gasteiger partial charge is 0.297 e. The molecule has 0 N–H and O–H groups in total. The van der Waals surface area contributed by atoms with Gasteiger partial charge >= 0.3 is 0 Å². The van der Waals surface area contributed by atoms with Gasteiger partial charge in [-0.1, -0.05) is 95.6 Å². The van der Waals surface area contributed by atoms with Gasteiger partial charge in [0.05, 0.1) is 13.4 Å². The molecular formula is C24H18OS4. The quantitative estimate of drug-likeness (QED) is 0.300. The zero-order valence-electron chi connectivity index (χ0n) is 16.2. The first-order valence-electron chi connectivity index (χ1n) is 9.31. The molecule has 1 nitrogen and oxygen atoms in total. The first-order valence-corrected chi connectivity index (χ1v) is 12.6. The van der Waals surface area contributed by atoms with Crippen molar-refractivity contribution in [2.45, 2.75) is 20.8 Å². The molecule has 0 fully saturated rings. The third-order valence-electron chi connectivity index (χ3n) is 5.23. The number of carbonyl (C=O) groups excluding carboxylic acids is 1. The molecule has 0 radical (unpaired) electrons. The Hall–Kier alpha value is -1.53. The molecule has 2 heterocycles. The highest BCUT2D eigenvalue weighted by atomic mass is 32.2. The van der Waals surface area contributed by atoms with Crippen molar-refractivity contribution in [3.8, 4) is 0 Å². The van der Waals surface area contributed by atoms with Crippen molar-refractivity contribution in [1.29, 1.82) is 0 Å². The van der Waals surface area contributed by atoms with E-state index in [2.05, 4.69) is 62.4 Å². The summed E-state index contributed by atoms with van der Waals surface area (Å²) in [4.78, 5) is 16.2. The molecule has 29 heavy (non-hydrogen) atoms. The van der Waals surface area contributed by atoms with E-state index in [-0.39, 0.29) is 0 Å². The lowest BCUT2D eigenvalue weighted by atomic mass is 9.99. The predicted molar refractivity (Wildman–Crippen MR) is 135 cm³/mol. The molecule has 0 saturated heterocycles. The number of benzene rings is 3. The highest BCUT2D eigenvalue weighted by Crippen LogP contribution is 2.50. The first-order chi connectivity index (χ1) is 14.1. The lowest BCUT2D eigenvalue weighted by molar-refractivity contribution is -0.104. The van der Waals surface area contributed by atoms with Crippen LogP contribution in [0.4, 0.5) is 0 Å². The van der Waals surface area contributed by atoms with Crippen LogP contribution < -0.4 is 10.4 Å². The Kier molecular flexibility index (Phi) is 5.11. The van der Waals surface area contributed by atoms with Gasteiger partial charge in [-0.3, -0.25) is 4.79 Å². The summed E-state index contributed by atoms with van der Waals surface area (Å²) in [7, 11) is 0. The number of carbonyl (C=O) groups is 1. The zero-order chi connectivity index (χ0) is 20.1. The summed E-state index contributed by atoms with van der Waals surface area (Å²) in [5.74, 6) is 0. The third kappa shape index (κ3) is 3.19. The standard InChI is InChI=1S/C24H18OS4/c1-13-14(2)27-23(26-13)21-16-8-4-6-10-18(16)22(19-11-7-5-9-17(19)21)24-28-15(3)20(12-25)29-24/h4-12H,1-3H3. The van der Waals surface area contributed by atoms with Crippen LogP contribution in [0, 0.1) is 0 Å². The van der Waals surface area contributed by atoms with Crippen LogP contribution in [-0.2, 0) is 4.79 Å². The highest BCUT2D eigenvalue weighted by Gasteiger charge is 2.22. The van der Waals surface area contributed by atoms with Gasteiger partial charge in [0.2, 0.25) is 0 Å². The number of allylic oxidation sites excluding steroid dienone is 4. The van der Waals surface area contributed by atoms with E-state index >= 15 is 0 Å². The van der Waals surface area contributed by atoms with Crippen molar-refractivity contribution < 1.29 is 4.79 Å². The van der Waals surface area contributed by atoms with Gasteiger partial charge in [0, 0.05) is 15.3 Å². The van der Waals surface area contributed by atoms with E-state index in [0.717, 1.165) is 16.1 Å². The van der Waals surface area contributed by atoms with Gasteiger partial charge in [0.15, 0.2) is 6.29 Å². The average Bonchev–Trinajstić information content (AvgIpc) is 3.27. The topological polar surface area (TPSA) is 17.1 Å². The number of aldehydes is 1. The Morgan fingerprint density at radius 1 is 0.586 bits per heavy atom. The van der Waals surface area contributed by atoms with Gasteiger partial charge in [-0.05, 0) is 52.1 Å². The third-order valence-corrected chi connectivity index (χ3v) is 10.4. The lowest BCUT2D eigenvalue weighted by Crippen LogP contribution is -2.16. The molecular weight excluding hydrogens is 433 g/mol. The van der Waals surface area contributed by atoms with Crippen molar-refractivity contribution in [2.24, 2.45) is 0 Å². The molecule has 3 aromatic rings. The van der Waals surface area contributed by atoms with Gasteiger partial charge in [-0.2, -0.15) is 0 Å². The van der Waals surface area contributed by atoms with Crippen LogP contribution in [0.2, 0.25) is 0 Å². The van der Waals surface area contributed by atoms with E-state index in [1.54, 1.807) is 23.5 Å². The fourth-order valence-corrected chi connectivity index (χ4v) is 8.88. The van der Waals surface area contributed by atoms with E-state index < -0.39 is 0 Å². The van der Waals surface area contributed by atoms with Crippen molar-refractivity contribution >= 4 is 83.4 Å². The van der Waals surface area contributed by atoms with Crippen molar-refractivity contribution in [2.75, 3.05) is 0 Å². The highest BCUT2D eigenvalue weighted by molar-refractivity contribution is 8.36. The molecule has 2 aliphatic heterocycles. The Labute approximate surface area is 186 Å². The summed E-state index contributed by atoms with van der Waals surface area (Å²) in [6.45, 7) is 6.44. The molecule has 0 atom stereocenters. The summed E-state index contributed by atoms with van der Waals surface area (Å²) in [5, 5.41) is 7.66. The summed E-state index contributed by atoms with van der Waals surface area (Å²) >= 11 is 7.10. The zero-order valence-corrected chi connectivity index (χ0v) is 19.5. The summed E-state index contributed by atoms with van der Waals surface area (Å²) in [6.07, 6.45) is 0.984. The van der Waals surface area contributed by atoms with Crippen molar-refractivity contribution in [3.05, 3.63) is 78.6 Å². The normalized spacial score (nSPS) is 17.3. The molecule has 2 aliphatic rings. The van der Waals surface area contributed by atoms with Crippen molar-refractivity contribution in [3.63, 3.8) is 0 Å². The van der Waals surface area contributed by atoms with Gasteiger partial charge in [0.1, 0.15) is 0 Å². The number of rotatable bonds is 1. The van der Waals surface area contributed by atoms with Crippen LogP contribution in [0.25, 0.3) is 30.0 Å². The van der Waals surface area contributed by atoms with E-state index in [1.807, 2.05) is 30.4 Å². The van der Waals surface area contributed by atoms with Gasteiger partial charge in [0.25, 0.3) is 0 Å². The minimum Gasteiger partial charge on any atom is -0.297 e. The van der Waals surface area contributed by atoms with Crippen LogP contribution in [0.15, 0.2) is 68.2 Å². The lowest BCUT2D eigenvalue weighted by Gasteiger charge is -2.11. The fraction of sp³-hybridized carbons (Fsp3) is 0.125. The Morgan fingerprint density at radius 3 is 1.34 bits per heavy atom. The molecule has 0 spiro atoms. The molecule has 0 bridgehead atoms. The maximum atomic E-state index is 11.5. The molecule has 0 aliphatic carbocycles. The SMILES string of the molecule is CC1=C(C)SC(=c2c3ccccc3c(=C3SC(C)=C(C=O)S3)c3ccccc23)S1. The maximum absolute atomic E-state index is 11.5. The Bertz CT molecular complexity index is 1320. The maximum Gasteiger partial charge on any atom is 0.157 e. The summed E-state index contributed by atoms with van der Waals surface area (Å²) < 4.78 is 2.56. The van der Waals surface area contributed by atoms with Crippen LogP contribution >= 0.6 is 47.0 Å². The van der Waals surface area contributed by atoms with Crippen LogP contribution in [0.5, 0.6) is 0 Å². The molecule has 0 unspecified atom stereocenters. The van der Waals surface area contributed by atoms with Crippen molar-refractivity contribution in [1.82, 2.24) is 0 Å². The second-order valence-electron chi connectivity index (χ2n) is 6.97. The molecule has 3 aromatic carbocycles. The second-order valence-corrected chi connectivity index (χ2v) is 12.2. The fourth-order valence-electron chi connectivity index (χ4n) is 3.70. The van der Waals surface area contributed by atoms with E-state index in [4.69, 9.17) is 0 Å². The number of hydrogen-bond donors (Lipinski definition) is 0. The Balaban J connectivity index is 1.98. The van der Waals surface area contributed by atoms with E-state index in [0.29, 0.717) is 0 Å². The minimum absolute atomic E-state index is 0.828. The first kappa shape index (κ1) is 19.4. The second kappa shape index (κ2) is 7.62. The molecule has 0 amide bonds. The summed E-state index contributed by atoms with van der Waals surface area (Å²) in [5.41, 5.74) is 0. The van der Waals surface area contributed by atoms with E-state index in [9.17, 15) is 4.79 Å². The molecule has 0 saturated carbocycles. The van der Waals surface area contributed by atoms with Crippen LogP contribution in [0.1, 0.15) is 20.8 Å². The van der Waals surface area contributed by atoms with E-state index in [1.165, 1.54) is 50.3 Å². The van der Waals surface area contributed by atoms with Crippen LogP contribution in [-0.4, -0.2) is 6.29 Å². The van der Waals surface area contributed by atoms with Gasteiger partial charge in [-0.25, -0.2) is 0 Å². The monoisotopic (exact) mass is 450 g/mol. The summed E-state index contributed by atoms with van der Waals surface area (Å²) in [6, 6.07) is 17.4. The Morgan fingerprint density at radius 2 is 0.966 bits per heavy atom. The minimum atomic E-state index is 0.828. The molecule has 0 aromatic heterocycles. The number of fused-ring (bicyclic) bond motifs is 2. The molecule has 5 heteroatoms. The molecule has 5 rings (SSSR count). The molecule has 144 valence electrons. The smallest absolute Gasteiger partial charge is 0.157 e. The van der Waals surface area contributed by atoms with Gasteiger partial charge < -0.3 is 0 Å². The van der Waals surface area contributed by atoms with Crippen LogP contribution in [0.3, 0.4) is 0 Å². The average molecular weight is 451 g/mol. The van der Waals surface area contributed by atoms with Gasteiger partial charge in [-0.15, -0.1) is 0 Å².